The zero-order chi connectivity index (χ0) is 26.2. The van der Waals surface area contributed by atoms with Gasteiger partial charge in [0.25, 0.3) is 0 Å². The third kappa shape index (κ3) is 5.87. The summed E-state index contributed by atoms with van der Waals surface area (Å²) in [5.74, 6) is 7.07. The highest BCUT2D eigenvalue weighted by Gasteiger charge is 2.38. The zero-order valence-corrected chi connectivity index (χ0v) is 22.6. The van der Waals surface area contributed by atoms with Crippen LogP contribution >= 0.6 is 0 Å². The Balaban J connectivity index is 1.29. The average molecular weight is 509 g/mol. The molecule has 5 rings (SSSR count). The van der Waals surface area contributed by atoms with E-state index < -0.39 is 0 Å². The molecule has 0 aromatic carbocycles. The molecule has 0 saturated carbocycles. The Hall–Kier alpha value is -2.79. The standard InChI is InChI=1S/C27H40N8O2/c1-26(2)11-20(12-27(3,4)33-26)32-23-15-29-21(17-34(23)28)25-22(36-5)10-18(13-30-25)19-14-31-35(16-19)24-8-6-7-9-37-24/h10,13-17,20,23-24,32-33H,6-9,11-12,28H2,1-5H3. The van der Waals surface area contributed by atoms with E-state index >= 15 is 0 Å². The smallest absolute Gasteiger partial charge is 0.150 e. The summed E-state index contributed by atoms with van der Waals surface area (Å²) in [6.45, 7) is 9.75. The van der Waals surface area contributed by atoms with Gasteiger partial charge in [0.15, 0.2) is 0 Å². The summed E-state index contributed by atoms with van der Waals surface area (Å²) in [6.07, 6.45) is 14.4. The first kappa shape index (κ1) is 25.8. The van der Waals surface area contributed by atoms with Crippen molar-refractivity contribution in [3.05, 3.63) is 36.6 Å². The lowest BCUT2D eigenvalue weighted by Crippen LogP contribution is -2.64. The predicted molar refractivity (Wildman–Crippen MR) is 145 cm³/mol. The summed E-state index contributed by atoms with van der Waals surface area (Å²) in [6, 6.07) is 2.28. The van der Waals surface area contributed by atoms with Crippen molar-refractivity contribution in [2.24, 2.45) is 10.8 Å². The summed E-state index contributed by atoms with van der Waals surface area (Å²) in [7, 11) is 1.64. The fourth-order valence-electron chi connectivity index (χ4n) is 5.94. The van der Waals surface area contributed by atoms with E-state index in [1.165, 1.54) is 0 Å². The van der Waals surface area contributed by atoms with Crippen LogP contribution in [0.5, 0.6) is 5.75 Å². The first-order chi connectivity index (χ1) is 17.6. The van der Waals surface area contributed by atoms with Gasteiger partial charge in [0.2, 0.25) is 0 Å². The van der Waals surface area contributed by atoms with E-state index in [4.69, 9.17) is 25.3 Å². The normalized spacial score (nSPS) is 25.7. The van der Waals surface area contributed by atoms with Crippen LogP contribution in [-0.2, 0) is 4.74 Å². The highest BCUT2D eigenvalue weighted by Crippen LogP contribution is 2.33. The lowest BCUT2D eigenvalue weighted by atomic mass is 9.79. The van der Waals surface area contributed by atoms with Gasteiger partial charge in [-0.1, -0.05) is 0 Å². The number of piperidine rings is 1. The van der Waals surface area contributed by atoms with E-state index in [2.05, 4.69) is 43.4 Å². The Morgan fingerprint density at radius 3 is 2.59 bits per heavy atom. The number of rotatable bonds is 6. The molecule has 0 aliphatic carbocycles. The lowest BCUT2D eigenvalue weighted by molar-refractivity contribution is -0.0394. The van der Waals surface area contributed by atoms with E-state index in [9.17, 15) is 0 Å². The second kappa shape index (κ2) is 10.2. The molecule has 2 atom stereocenters. The Labute approximate surface area is 219 Å². The number of nitrogens with one attached hydrogen (secondary N) is 2. The van der Waals surface area contributed by atoms with Gasteiger partial charge in [-0.25, -0.2) is 15.5 Å². The molecule has 0 spiro atoms. The number of aromatic nitrogens is 3. The van der Waals surface area contributed by atoms with Gasteiger partial charge in [-0.15, -0.1) is 0 Å². The number of hydrogen-bond donors (Lipinski definition) is 3. The minimum absolute atomic E-state index is 0.00234. The maximum absolute atomic E-state index is 6.44. The quantitative estimate of drug-likeness (QED) is 0.509. The molecular formula is C27H40N8O2. The Morgan fingerprint density at radius 1 is 1.14 bits per heavy atom. The number of nitrogens with two attached hydrogens (primary N) is 1. The molecule has 0 radical (unpaired) electrons. The third-order valence-electron chi connectivity index (χ3n) is 7.24. The molecule has 0 amide bonds. The van der Waals surface area contributed by atoms with Crippen LogP contribution in [0.2, 0.25) is 0 Å². The maximum atomic E-state index is 6.44. The van der Waals surface area contributed by atoms with E-state index in [-0.39, 0.29) is 23.5 Å². The second-order valence-corrected chi connectivity index (χ2v) is 11.7. The molecule has 3 aliphatic heterocycles. The highest BCUT2D eigenvalue weighted by molar-refractivity contribution is 5.80. The van der Waals surface area contributed by atoms with Gasteiger partial charge in [-0.05, 0) is 65.9 Å². The van der Waals surface area contributed by atoms with Crippen LogP contribution in [0, 0.1) is 0 Å². The van der Waals surface area contributed by atoms with Crippen molar-refractivity contribution >= 4 is 11.9 Å². The highest BCUT2D eigenvalue weighted by atomic mass is 16.5. The molecular weight excluding hydrogens is 468 g/mol. The number of hydrogen-bond acceptors (Lipinski definition) is 9. The number of pyridine rings is 1. The Kier molecular flexibility index (Phi) is 7.10. The molecule has 3 aliphatic rings. The minimum Gasteiger partial charge on any atom is -0.494 e. The van der Waals surface area contributed by atoms with Crippen LogP contribution in [-0.4, -0.2) is 63.0 Å². The van der Waals surface area contributed by atoms with Crippen LogP contribution in [0.15, 0.2) is 35.8 Å². The van der Waals surface area contributed by atoms with Crippen LogP contribution in [0.25, 0.3) is 16.8 Å². The number of methoxy groups -OCH3 is 1. The average Bonchev–Trinajstić information content (AvgIpc) is 3.34. The molecule has 0 bridgehead atoms. The van der Waals surface area contributed by atoms with Gasteiger partial charge in [0.05, 0.1) is 13.3 Å². The minimum atomic E-state index is -0.198. The molecule has 200 valence electrons. The zero-order valence-electron chi connectivity index (χ0n) is 22.6. The number of nitrogens with zero attached hydrogens (tertiary/aromatic N) is 5. The fourth-order valence-corrected chi connectivity index (χ4v) is 5.94. The molecule has 4 N–H and O–H groups in total. The number of aliphatic imine (C=N–C) groups is 1. The van der Waals surface area contributed by atoms with Gasteiger partial charge in [-0.2, -0.15) is 5.10 Å². The van der Waals surface area contributed by atoms with E-state index in [0.717, 1.165) is 49.8 Å². The fraction of sp³-hybridized carbons (Fsp3) is 0.593. The molecule has 2 unspecified atom stereocenters. The Morgan fingerprint density at radius 2 is 1.92 bits per heavy atom. The topological polar surface area (TPSA) is 115 Å². The molecule has 10 nitrogen and oxygen atoms in total. The lowest BCUT2D eigenvalue weighted by Gasteiger charge is -2.47. The van der Waals surface area contributed by atoms with Gasteiger partial charge in [-0.3, -0.25) is 15.3 Å². The van der Waals surface area contributed by atoms with Crippen molar-refractivity contribution in [1.82, 2.24) is 30.4 Å². The molecule has 2 fully saturated rings. The van der Waals surface area contributed by atoms with E-state index in [1.807, 2.05) is 41.8 Å². The predicted octanol–water partition coefficient (Wildman–Crippen LogP) is 3.44. The SMILES string of the molecule is COc1cc(-c2cnn(C3CCCCO3)c2)cnc1C1=CN(N)C(NC2CC(C)(C)NC(C)(C)C2)C=N1. The van der Waals surface area contributed by atoms with Crippen LogP contribution in [0.4, 0.5) is 0 Å². The van der Waals surface area contributed by atoms with Crippen molar-refractivity contribution in [1.29, 1.82) is 0 Å². The Bertz CT molecular complexity index is 1150. The summed E-state index contributed by atoms with van der Waals surface area (Å²) in [4.78, 5) is 9.41. The van der Waals surface area contributed by atoms with E-state index in [0.29, 0.717) is 23.2 Å². The van der Waals surface area contributed by atoms with Crippen LogP contribution in [0.1, 0.15) is 71.7 Å². The summed E-state index contributed by atoms with van der Waals surface area (Å²) < 4.78 is 13.5. The molecule has 2 aromatic heterocycles. The number of ether oxygens (including phenoxy) is 2. The monoisotopic (exact) mass is 508 g/mol. The van der Waals surface area contributed by atoms with Crippen LogP contribution < -0.4 is 21.2 Å². The molecule has 2 saturated heterocycles. The van der Waals surface area contributed by atoms with Crippen molar-refractivity contribution in [2.75, 3.05) is 13.7 Å². The molecule has 2 aromatic rings. The van der Waals surface area contributed by atoms with Gasteiger partial charge in [0.1, 0.15) is 29.5 Å². The van der Waals surface area contributed by atoms with Crippen molar-refractivity contribution in [3.8, 4) is 16.9 Å². The first-order valence-corrected chi connectivity index (χ1v) is 13.2. The van der Waals surface area contributed by atoms with Crippen molar-refractivity contribution in [2.45, 2.75) is 89.3 Å². The van der Waals surface area contributed by atoms with E-state index in [1.54, 1.807) is 12.1 Å². The largest absolute Gasteiger partial charge is 0.494 e. The number of hydrazine groups is 1. The van der Waals surface area contributed by atoms with Crippen molar-refractivity contribution < 1.29 is 9.47 Å². The molecule has 37 heavy (non-hydrogen) atoms. The van der Waals surface area contributed by atoms with Gasteiger partial charge >= 0.3 is 0 Å². The van der Waals surface area contributed by atoms with Crippen LogP contribution in [0.3, 0.4) is 0 Å². The van der Waals surface area contributed by atoms with Gasteiger partial charge < -0.3 is 14.8 Å². The third-order valence-corrected chi connectivity index (χ3v) is 7.24. The van der Waals surface area contributed by atoms with Gasteiger partial charge in [0, 0.05) is 59.7 Å². The molecule has 10 heteroatoms. The summed E-state index contributed by atoms with van der Waals surface area (Å²) >= 11 is 0. The molecule has 5 heterocycles. The first-order valence-electron chi connectivity index (χ1n) is 13.2. The summed E-state index contributed by atoms with van der Waals surface area (Å²) in [5, 5.41) is 13.6. The summed E-state index contributed by atoms with van der Waals surface area (Å²) in [5.41, 5.74) is 3.27. The maximum Gasteiger partial charge on any atom is 0.150 e. The van der Waals surface area contributed by atoms with Crippen molar-refractivity contribution in [3.63, 3.8) is 0 Å². The second-order valence-electron chi connectivity index (χ2n) is 11.7.